The zero-order valence-electron chi connectivity index (χ0n) is 36.7. The van der Waals surface area contributed by atoms with Crippen LogP contribution in [0.25, 0.3) is 38.9 Å². The van der Waals surface area contributed by atoms with E-state index in [1.54, 1.807) is 6.20 Å². The van der Waals surface area contributed by atoms with Gasteiger partial charge in [0.05, 0.1) is 34.6 Å². The van der Waals surface area contributed by atoms with Gasteiger partial charge in [-0.25, -0.2) is 19.3 Å². The largest absolute Gasteiger partial charge is 0.355 e. The minimum Gasteiger partial charge on any atom is -0.355 e. The molecule has 5 heterocycles. The van der Waals surface area contributed by atoms with Gasteiger partial charge in [0.15, 0.2) is 5.65 Å². The fourth-order valence-corrected chi connectivity index (χ4v) is 9.28. The van der Waals surface area contributed by atoms with Crippen molar-refractivity contribution in [2.75, 3.05) is 18.4 Å². The van der Waals surface area contributed by atoms with Crippen molar-refractivity contribution in [2.24, 2.45) is 0 Å². The molecule has 6 aromatic rings. The number of pyridine rings is 2. The highest BCUT2D eigenvalue weighted by Gasteiger charge is 2.45. The molecule has 3 aliphatic rings. The maximum atomic E-state index is 13.4. The summed E-state index contributed by atoms with van der Waals surface area (Å²) in [6, 6.07) is 25.5. The first-order valence-corrected chi connectivity index (χ1v) is 22.7. The van der Waals surface area contributed by atoms with Crippen molar-refractivity contribution in [3.8, 4) is 22.4 Å². The summed E-state index contributed by atoms with van der Waals surface area (Å²) in [5.41, 5.74) is 5.47. The molecule has 342 valence electrons. The normalized spacial score (nSPS) is 16.7. The smallest absolute Gasteiger partial charge is 0.347 e. The number of carbonyl (C=O) groups is 7. The van der Waals surface area contributed by atoms with Crippen LogP contribution in [0.1, 0.15) is 103 Å². The second kappa shape index (κ2) is 19.1. The third kappa shape index (κ3) is 9.14. The van der Waals surface area contributed by atoms with E-state index < -0.39 is 35.6 Å². The Kier molecular flexibility index (Phi) is 12.7. The topological polar surface area (TPSA) is 234 Å². The number of hydrogen-bond donors (Lipinski definition) is 5. The van der Waals surface area contributed by atoms with Crippen molar-refractivity contribution in [1.29, 1.82) is 0 Å². The third-order valence-corrected chi connectivity index (χ3v) is 13.0. The summed E-state index contributed by atoms with van der Waals surface area (Å²) in [6.45, 7) is 0.624. The molecule has 2 aliphatic heterocycles. The van der Waals surface area contributed by atoms with Crippen molar-refractivity contribution < 1.29 is 33.6 Å². The Bertz CT molecular complexity index is 3010. The molecule has 67 heavy (non-hydrogen) atoms. The molecule has 17 nitrogen and oxygen atoms in total. The molecule has 5 N–H and O–H groups in total. The van der Waals surface area contributed by atoms with Crippen LogP contribution in [-0.4, -0.2) is 84.8 Å². The number of imide groups is 2. The van der Waals surface area contributed by atoms with E-state index in [1.165, 1.54) is 22.6 Å². The number of amides is 6. The molecule has 1 aliphatic carbocycles. The number of nitrogens with one attached hydrogen (secondary N) is 5. The van der Waals surface area contributed by atoms with Crippen LogP contribution < -0.4 is 27.0 Å². The van der Waals surface area contributed by atoms with Gasteiger partial charge >= 0.3 is 5.69 Å². The number of anilines is 1. The lowest BCUT2D eigenvalue weighted by molar-refractivity contribution is -0.131. The number of Topliss-reactive ketones (excluding diaryl/α,β-unsaturated/α-hetero) is 1. The van der Waals surface area contributed by atoms with Gasteiger partial charge < -0.3 is 10.6 Å². The summed E-state index contributed by atoms with van der Waals surface area (Å²) in [5, 5.41) is 18.9. The molecule has 1 saturated heterocycles. The SMILES string of the molecule is O=C(CCCCCNC(=O)CNC1(c2ccc(-c3nc4ccn5c(=O)[nH]nc5c4cc3-c3ccccc3)cc2)CCC1)CCC(=O)Nc1cccc2c1C(=O)N([C@H]1CCCC(=O)NC1=O)C2=O. The molecule has 0 bridgehead atoms. The summed E-state index contributed by atoms with van der Waals surface area (Å²) < 4.78 is 1.47. The van der Waals surface area contributed by atoms with Crippen molar-refractivity contribution in [3.05, 3.63) is 118 Å². The number of nitrogens with zero attached hydrogens (tertiary/aromatic N) is 4. The number of ketones is 1. The van der Waals surface area contributed by atoms with E-state index in [-0.39, 0.29) is 78.4 Å². The molecule has 6 amide bonds. The number of H-pyrrole nitrogens is 1. The number of fused-ring (bicyclic) bond motifs is 4. The molecular formula is C50H49N9O8. The van der Waals surface area contributed by atoms with Gasteiger partial charge in [-0.1, -0.05) is 67.1 Å². The van der Waals surface area contributed by atoms with Crippen LogP contribution in [0.3, 0.4) is 0 Å². The van der Waals surface area contributed by atoms with Crippen LogP contribution in [0, 0.1) is 0 Å². The zero-order chi connectivity index (χ0) is 46.7. The minimum absolute atomic E-state index is 0.00213. The zero-order valence-corrected chi connectivity index (χ0v) is 36.7. The molecule has 3 aromatic heterocycles. The quantitative estimate of drug-likeness (QED) is 0.0580. The first-order chi connectivity index (χ1) is 32.5. The first kappa shape index (κ1) is 44.5. The Morgan fingerprint density at radius 3 is 2.36 bits per heavy atom. The van der Waals surface area contributed by atoms with Crippen LogP contribution in [0.2, 0.25) is 0 Å². The number of carbonyl (C=O) groups excluding carboxylic acids is 7. The van der Waals surface area contributed by atoms with Crippen molar-refractivity contribution >= 4 is 63.5 Å². The van der Waals surface area contributed by atoms with Crippen LogP contribution in [0.5, 0.6) is 0 Å². The predicted octanol–water partition coefficient (Wildman–Crippen LogP) is 5.33. The average molecular weight is 904 g/mol. The first-order valence-electron chi connectivity index (χ1n) is 22.7. The monoisotopic (exact) mass is 903 g/mol. The van der Waals surface area contributed by atoms with Crippen LogP contribution in [-0.2, 0) is 29.5 Å². The maximum Gasteiger partial charge on any atom is 0.347 e. The van der Waals surface area contributed by atoms with Crippen molar-refractivity contribution in [3.63, 3.8) is 0 Å². The van der Waals surface area contributed by atoms with E-state index in [0.717, 1.165) is 57.5 Å². The third-order valence-electron chi connectivity index (χ3n) is 13.0. The van der Waals surface area contributed by atoms with Gasteiger partial charge in [0.25, 0.3) is 11.8 Å². The number of aromatic amines is 1. The van der Waals surface area contributed by atoms with Gasteiger partial charge in [-0.05, 0) is 80.3 Å². The Balaban J connectivity index is 0.715. The molecule has 1 atom stereocenters. The Labute approximate surface area is 384 Å². The van der Waals surface area contributed by atoms with Gasteiger partial charge in [-0.15, -0.1) is 0 Å². The van der Waals surface area contributed by atoms with E-state index in [9.17, 15) is 38.4 Å². The highest BCUT2D eigenvalue weighted by molar-refractivity contribution is 6.26. The van der Waals surface area contributed by atoms with Crippen molar-refractivity contribution in [2.45, 2.75) is 88.6 Å². The van der Waals surface area contributed by atoms with E-state index >= 15 is 0 Å². The molecule has 2 fully saturated rings. The average Bonchev–Trinajstić information content (AvgIpc) is 3.76. The molecule has 17 heteroatoms. The predicted molar refractivity (Wildman–Crippen MR) is 248 cm³/mol. The molecule has 3 aromatic carbocycles. The molecule has 0 radical (unpaired) electrons. The fraction of sp³-hybridized carbons (Fsp3) is 0.320. The van der Waals surface area contributed by atoms with Crippen LogP contribution in [0.4, 0.5) is 5.69 Å². The molecular weight excluding hydrogens is 855 g/mol. The standard InChI is InChI=1S/C50H49N9O8/c60-33(21-22-41(62)53-38-14-7-13-34-43(38)48(66)59(47(34)65)39-15-8-16-40(61)55-46(39)64)12-5-2-6-26-51-42(63)29-52-50(24-9-25-50)32-19-17-31(18-20-32)44-35(30-10-3-1-4-11-30)28-36-37(54-44)23-27-58-45(36)56-57-49(58)67/h1,3-4,7,10-11,13-14,17-20,23,27-28,39,52H,2,5-6,8-9,12,15-16,21-22,24-26,29H2,(H,51,63)(H,53,62)(H,57,67)(H,55,61,64)/t39-/m0/s1. The number of hydrogen-bond acceptors (Lipinski definition) is 11. The summed E-state index contributed by atoms with van der Waals surface area (Å²) in [5.74, 6) is -3.28. The highest BCUT2D eigenvalue weighted by atomic mass is 16.2. The second-order valence-electron chi connectivity index (χ2n) is 17.4. The van der Waals surface area contributed by atoms with E-state index in [1.807, 2.05) is 42.5 Å². The Morgan fingerprint density at radius 1 is 0.776 bits per heavy atom. The Morgan fingerprint density at radius 2 is 1.58 bits per heavy atom. The van der Waals surface area contributed by atoms with Crippen molar-refractivity contribution in [1.82, 2.24) is 40.4 Å². The number of benzene rings is 3. The molecule has 0 spiro atoms. The van der Waals surface area contributed by atoms with Crippen LogP contribution >= 0.6 is 0 Å². The maximum absolute atomic E-state index is 13.4. The molecule has 9 rings (SSSR count). The lowest BCUT2D eigenvalue weighted by Crippen LogP contribution is -2.51. The molecule has 1 saturated carbocycles. The number of aromatic nitrogens is 4. The van der Waals surface area contributed by atoms with Gasteiger partial charge in [0.1, 0.15) is 11.8 Å². The fourth-order valence-electron chi connectivity index (χ4n) is 9.28. The summed E-state index contributed by atoms with van der Waals surface area (Å²) in [4.78, 5) is 108. The van der Waals surface area contributed by atoms with Gasteiger partial charge in [-0.3, -0.25) is 49.1 Å². The number of unbranched alkanes of at least 4 members (excludes halogenated alkanes) is 2. The lowest BCUT2D eigenvalue weighted by atomic mass is 9.71. The van der Waals surface area contributed by atoms with Gasteiger partial charge in [0, 0.05) is 60.5 Å². The van der Waals surface area contributed by atoms with Gasteiger partial charge in [-0.2, -0.15) is 5.10 Å². The van der Waals surface area contributed by atoms with E-state index in [2.05, 4.69) is 55.7 Å². The summed E-state index contributed by atoms with van der Waals surface area (Å²) >= 11 is 0. The Hall–Kier alpha value is -7.66. The van der Waals surface area contributed by atoms with Crippen LogP contribution in [0.15, 0.2) is 95.9 Å². The van der Waals surface area contributed by atoms with Gasteiger partial charge in [0.2, 0.25) is 23.6 Å². The lowest BCUT2D eigenvalue weighted by Gasteiger charge is -2.43. The summed E-state index contributed by atoms with van der Waals surface area (Å²) in [6.07, 6.45) is 7.26. The second-order valence-corrected chi connectivity index (χ2v) is 17.4. The highest BCUT2D eigenvalue weighted by Crippen LogP contribution is 2.42. The molecule has 0 unspecified atom stereocenters. The van der Waals surface area contributed by atoms with E-state index in [4.69, 9.17) is 4.98 Å². The minimum atomic E-state index is -1.14. The summed E-state index contributed by atoms with van der Waals surface area (Å²) in [7, 11) is 0. The number of rotatable bonds is 17. The van der Waals surface area contributed by atoms with E-state index in [0.29, 0.717) is 43.4 Å².